The van der Waals surface area contributed by atoms with Crippen LogP contribution < -0.4 is 11.1 Å². The standard InChI is InChI=1S/C11H18N4OS2/c1-7-4-2-3-5-8(7)13-9(16)6-17-11-15-14-10(12)18-11/h7-8H,2-6H2,1H3,(H2,12,14)(H,13,16)/t7-,8-/m1/s1. The summed E-state index contributed by atoms with van der Waals surface area (Å²) in [6.07, 6.45) is 4.82. The molecule has 0 spiro atoms. The van der Waals surface area contributed by atoms with Crippen molar-refractivity contribution in [1.29, 1.82) is 0 Å². The number of aromatic nitrogens is 2. The SMILES string of the molecule is C[C@@H]1CCCC[C@H]1NC(=O)CSc1nnc(N)s1. The van der Waals surface area contributed by atoms with E-state index in [1.807, 2.05) is 0 Å². The van der Waals surface area contributed by atoms with E-state index in [1.165, 1.54) is 42.4 Å². The fraction of sp³-hybridized carbons (Fsp3) is 0.727. The maximum atomic E-state index is 11.8. The maximum absolute atomic E-state index is 11.8. The zero-order valence-electron chi connectivity index (χ0n) is 10.4. The summed E-state index contributed by atoms with van der Waals surface area (Å²) >= 11 is 2.71. The van der Waals surface area contributed by atoms with Crippen LogP contribution in [0.25, 0.3) is 0 Å². The normalized spacial score (nSPS) is 23.8. The highest BCUT2D eigenvalue weighted by molar-refractivity contribution is 8.01. The van der Waals surface area contributed by atoms with Crippen LogP contribution in [-0.2, 0) is 4.79 Å². The highest BCUT2D eigenvalue weighted by atomic mass is 32.2. The highest BCUT2D eigenvalue weighted by Crippen LogP contribution is 2.25. The minimum Gasteiger partial charge on any atom is -0.374 e. The smallest absolute Gasteiger partial charge is 0.230 e. The third kappa shape index (κ3) is 3.84. The van der Waals surface area contributed by atoms with Crippen molar-refractivity contribution in [2.75, 3.05) is 11.5 Å². The highest BCUT2D eigenvalue weighted by Gasteiger charge is 2.22. The van der Waals surface area contributed by atoms with Crippen LogP contribution in [0, 0.1) is 5.92 Å². The molecular weight excluding hydrogens is 268 g/mol. The lowest BCUT2D eigenvalue weighted by atomic mass is 9.86. The maximum Gasteiger partial charge on any atom is 0.230 e. The van der Waals surface area contributed by atoms with E-state index in [2.05, 4.69) is 22.4 Å². The molecule has 5 nitrogen and oxygen atoms in total. The van der Waals surface area contributed by atoms with Gasteiger partial charge < -0.3 is 11.1 Å². The molecular formula is C11H18N4OS2. The Bertz CT molecular complexity index is 410. The quantitative estimate of drug-likeness (QED) is 0.826. The summed E-state index contributed by atoms with van der Waals surface area (Å²) in [4.78, 5) is 11.8. The number of hydrogen-bond acceptors (Lipinski definition) is 6. The molecule has 1 aliphatic rings. The molecule has 7 heteroatoms. The number of nitrogen functional groups attached to an aromatic ring is 1. The number of hydrogen-bond donors (Lipinski definition) is 2. The molecule has 1 aliphatic carbocycles. The topological polar surface area (TPSA) is 80.9 Å². The van der Waals surface area contributed by atoms with E-state index in [0.717, 1.165) is 10.8 Å². The number of anilines is 1. The van der Waals surface area contributed by atoms with E-state index < -0.39 is 0 Å². The third-order valence-electron chi connectivity index (χ3n) is 3.21. The first-order valence-corrected chi connectivity index (χ1v) is 7.96. The first-order valence-electron chi connectivity index (χ1n) is 6.16. The number of nitrogens with one attached hydrogen (secondary N) is 1. The van der Waals surface area contributed by atoms with Gasteiger partial charge in [-0.05, 0) is 18.8 Å². The van der Waals surface area contributed by atoms with Gasteiger partial charge in [-0.1, -0.05) is 42.9 Å². The molecule has 0 radical (unpaired) electrons. The monoisotopic (exact) mass is 286 g/mol. The molecule has 2 rings (SSSR count). The van der Waals surface area contributed by atoms with E-state index in [9.17, 15) is 4.79 Å². The summed E-state index contributed by atoms with van der Waals surface area (Å²) in [5, 5.41) is 11.1. The molecule has 18 heavy (non-hydrogen) atoms. The summed E-state index contributed by atoms with van der Waals surface area (Å²) in [5.41, 5.74) is 5.48. The van der Waals surface area contributed by atoms with E-state index in [4.69, 9.17) is 5.73 Å². The van der Waals surface area contributed by atoms with Crippen LogP contribution in [-0.4, -0.2) is 27.9 Å². The van der Waals surface area contributed by atoms with Gasteiger partial charge in [-0.25, -0.2) is 0 Å². The number of nitrogens with two attached hydrogens (primary N) is 1. The molecule has 2 atom stereocenters. The Labute approximate surface area is 115 Å². The Morgan fingerprint density at radius 1 is 1.50 bits per heavy atom. The van der Waals surface area contributed by atoms with Gasteiger partial charge in [-0.15, -0.1) is 10.2 Å². The van der Waals surface area contributed by atoms with Crippen molar-refractivity contribution in [1.82, 2.24) is 15.5 Å². The van der Waals surface area contributed by atoms with Gasteiger partial charge in [0.2, 0.25) is 11.0 Å². The Morgan fingerprint density at radius 3 is 2.94 bits per heavy atom. The summed E-state index contributed by atoms with van der Waals surface area (Å²) < 4.78 is 0.749. The second-order valence-corrected chi connectivity index (χ2v) is 6.86. The molecule has 1 aromatic rings. The van der Waals surface area contributed by atoms with E-state index in [-0.39, 0.29) is 5.91 Å². The summed E-state index contributed by atoms with van der Waals surface area (Å²) in [6.45, 7) is 2.21. The number of carbonyl (C=O) groups is 1. The summed E-state index contributed by atoms with van der Waals surface area (Å²) in [7, 11) is 0. The zero-order chi connectivity index (χ0) is 13.0. The van der Waals surface area contributed by atoms with Crippen LogP contribution in [0.1, 0.15) is 32.6 Å². The molecule has 0 aromatic carbocycles. The molecule has 1 heterocycles. The van der Waals surface area contributed by atoms with Gasteiger partial charge in [0, 0.05) is 6.04 Å². The van der Waals surface area contributed by atoms with Crippen molar-refractivity contribution in [2.24, 2.45) is 5.92 Å². The predicted octanol–water partition coefficient (Wildman–Crippen LogP) is 1.91. The van der Waals surface area contributed by atoms with Gasteiger partial charge in [0.25, 0.3) is 0 Å². The Morgan fingerprint density at radius 2 is 2.28 bits per heavy atom. The Hall–Kier alpha value is -0.820. The lowest BCUT2D eigenvalue weighted by Gasteiger charge is -2.29. The Balaban J connectivity index is 1.74. The van der Waals surface area contributed by atoms with Crippen molar-refractivity contribution in [3.05, 3.63) is 0 Å². The Kier molecular flexibility index (Phi) is 4.82. The molecule has 0 aliphatic heterocycles. The van der Waals surface area contributed by atoms with Gasteiger partial charge in [-0.2, -0.15) is 0 Å². The molecule has 0 bridgehead atoms. The fourth-order valence-electron chi connectivity index (χ4n) is 2.19. The van der Waals surface area contributed by atoms with E-state index >= 15 is 0 Å². The molecule has 3 N–H and O–H groups in total. The first-order chi connectivity index (χ1) is 8.65. The lowest BCUT2D eigenvalue weighted by molar-refractivity contribution is -0.119. The number of nitrogens with zero attached hydrogens (tertiary/aromatic N) is 2. The average molecular weight is 286 g/mol. The van der Waals surface area contributed by atoms with Crippen molar-refractivity contribution < 1.29 is 4.79 Å². The van der Waals surface area contributed by atoms with Crippen LogP contribution in [0.4, 0.5) is 5.13 Å². The first kappa shape index (κ1) is 13.6. The minimum absolute atomic E-state index is 0.0764. The van der Waals surface area contributed by atoms with Crippen LogP contribution in [0.3, 0.4) is 0 Å². The van der Waals surface area contributed by atoms with E-state index in [1.54, 1.807) is 0 Å². The van der Waals surface area contributed by atoms with Crippen molar-refractivity contribution in [2.45, 2.75) is 43.0 Å². The van der Waals surface area contributed by atoms with Crippen LogP contribution in [0.15, 0.2) is 4.34 Å². The van der Waals surface area contributed by atoms with Gasteiger partial charge in [0.05, 0.1) is 5.75 Å². The molecule has 1 fully saturated rings. The van der Waals surface area contributed by atoms with Crippen LogP contribution >= 0.6 is 23.1 Å². The molecule has 1 saturated carbocycles. The molecule has 1 aromatic heterocycles. The number of thioether (sulfide) groups is 1. The van der Waals surface area contributed by atoms with Gasteiger partial charge in [-0.3, -0.25) is 4.79 Å². The average Bonchev–Trinajstić information content (AvgIpc) is 2.76. The molecule has 100 valence electrons. The van der Waals surface area contributed by atoms with Crippen molar-refractivity contribution in [3.8, 4) is 0 Å². The number of rotatable bonds is 4. The fourth-order valence-corrected chi connectivity index (χ4v) is 3.63. The molecule has 1 amide bonds. The second kappa shape index (κ2) is 6.38. The van der Waals surface area contributed by atoms with Crippen molar-refractivity contribution >= 4 is 34.1 Å². The minimum atomic E-state index is 0.0764. The summed E-state index contributed by atoms with van der Waals surface area (Å²) in [5.74, 6) is 1.05. The molecule has 0 unspecified atom stereocenters. The van der Waals surface area contributed by atoms with Crippen LogP contribution in [0.5, 0.6) is 0 Å². The number of amides is 1. The van der Waals surface area contributed by atoms with E-state index in [0.29, 0.717) is 22.8 Å². The largest absolute Gasteiger partial charge is 0.374 e. The predicted molar refractivity (Wildman–Crippen MR) is 74.6 cm³/mol. The second-order valence-electron chi connectivity index (χ2n) is 4.63. The van der Waals surface area contributed by atoms with Gasteiger partial charge in [0.1, 0.15) is 0 Å². The van der Waals surface area contributed by atoms with Gasteiger partial charge in [0.15, 0.2) is 4.34 Å². The number of carbonyl (C=O) groups excluding carboxylic acids is 1. The summed E-state index contributed by atoms with van der Waals surface area (Å²) in [6, 6.07) is 0.339. The molecule has 0 saturated heterocycles. The van der Waals surface area contributed by atoms with Gasteiger partial charge >= 0.3 is 0 Å². The lowest BCUT2D eigenvalue weighted by Crippen LogP contribution is -2.41. The zero-order valence-corrected chi connectivity index (χ0v) is 12.0. The third-order valence-corrected chi connectivity index (χ3v) is 5.09. The van der Waals surface area contributed by atoms with Crippen LogP contribution in [0.2, 0.25) is 0 Å². The van der Waals surface area contributed by atoms with Crippen molar-refractivity contribution in [3.63, 3.8) is 0 Å².